The van der Waals surface area contributed by atoms with Gasteiger partial charge in [-0.25, -0.2) is 4.98 Å². The highest BCUT2D eigenvalue weighted by Gasteiger charge is 2.43. The first-order valence-electron chi connectivity index (χ1n) is 8.10. The van der Waals surface area contributed by atoms with Gasteiger partial charge in [-0.3, -0.25) is 4.68 Å². The summed E-state index contributed by atoms with van der Waals surface area (Å²) >= 11 is 0. The SMILES string of the molecule is CCCn1ncnc1CC(N)C1(OC)CCC(C)(C)CC1. The molecule has 2 N–H and O–H groups in total. The summed E-state index contributed by atoms with van der Waals surface area (Å²) in [4.78, 5) is 4.38. The van der Waals surface area contributed by atoms with Crippen LogP contribution in [0.2, 0.25) is 0 Å². The van der Waals surface area contributed by atoms with Crippen molar-refractivity contribution >= 4 is 0 Å². The van der Waals surface area contributed by atoms with Crippen molar-refractivity contribution in [2.24, 2.45) is 11.1 Å². The van der Waals surface area contributed by atoms with Gasteiger partial charge in [-0.1, -0.05) is 20.8 Å². The second kappa shape index (κ2) is 6.44. The number of nitrogens with zero attached hydrogens (tertiary/aromatic N) is 3. The zero-order valence-corrected chi connectivity index (χ0v) is 13.9. The number of aryl methyl sites for hydroxylation is 1. The Bertz CT molecular complexity index is 445. The molecule has 0 saturated heterocycles. The van der Waals surface area contributed by atoms with Crippen molar-refractivity contribution in [2.45, 2.75) is 77.5 Å². The first kappa shape index (κ1) is 16.4. The maximum absolute atomic E-state index is 6.53. The minimum Gasteiger partial charge on any atom is -0.377 e. The molecule has 1 saturated carbocycles. The van der Waals surface area contributed by atoms with Gasteiger partial charge in [-0.15, -0.1) is 0 Å². The van der Waals surface area contributed by atoms with E-state index in [1.807, 2.05) is 4.68 Å². The molecule has 0 aliphatic heterocycles. The Morgan fingerprint density at radius 2 is 2.00 bits per heavy atom. The van der Waals surface area contributed by atoms with Gasteiger partial charge in [0, 0.05) is 26.1 Å². The van der Waals surface area contributed by atoms with E-state index in [4.69, 9.17) is 10.5 Å². The van der Waals surface area contributed by atoms with Crippen LogP contribution in [0.3, 0.4) is 0 Å². The Morgan fingerprint density at radius 1 is 1.33 bits per heavy atom. The van der Waals surface area contributed by atoms with E-state index in [1.54, 1.807) is 13.4 Å². The van der Waals surface area contributed by atoms with E-state index in [-0.39, 0.29) is 11.6 Å². The molecule has 1 aromatic rings. The molecule has 1 heterocycles. The highest BCUT2D eigenvalue weighted by Crippen LogP contribution is 2.43. The topological polar surface area (TPSA) is 66.0 Å². The van der Waals surface area contributed by atoms with Gasteiger partial charge in [0.1, 0.15) is 12.2 Å². The van der Waals surface area contributed by atoms with Crippen LogP contribution >= 0.6 is 0 Å². The fourth-order valence-corrected chi connectivity index (χ4v) is 3.30. The highest BCUT2D eigenvalue weighted by molar-refractivity contribution is 5.02. The summed E-state index contributed by atoms with van der Waals surface area (Å²) < 4.78 is 7.87. The predicted octanol–water partition coefficient (Wildman–Crippen LogP) is 2.54. The average molecular weight is 294 g/mol. The third-order valence-electron chi connectivity index (χ3n) is 5.07. The normalized spacial score (nSPS) is 22.1. The van der Waals surface area contributed by atoms with Gasteiger partial charge in [-0.05, 0) is 37.5 Å². The van der Waals surface area contributed by atoms with Crippen molar-refractivity contribution < 1.29 is 4.74 Å². The van der Waals surface area contributed by atoms with Crippen molar-refractivity contribution in [3.05, 3.63) is 12.2 Å². The van der Waals surface area contributed by atoms with Crippen LogP contribution in [0.1, 0.15) is 58.7 Å². The van der Waals surface area contributed by atoms with Crippen molar-refractivity contribution in [2.75, 3.05) is 7.11 Å². The number of rotatable bonds is 6. The van der Waals surface area contributed by atoms with E-state index >= 15 is 0 Å². The van der Waals surface area contributed by atoms with Crippen LogP contribution in [0.25, 0.3) is 0 Å². The standard InChI is InChI=1S/C16H30N4O/c1-5-10-20-14(18-12-19-20)11-13(17)16(21-4)8-6-15(2,3)7-9-16/h12-13H,5-11,17H2,1-4H3. The van der Waals surface area contributed by atoms with Crippen LogP contribution in [0.15, 0.2) is 6.33 Å². The van der Waals surface area contributed by atoms with Crippen LogP contribution in [-0.4, -0.2) is 33.5 Å². The van der Waals surface area contributed by atoms with Crippen molar-refractivity contribution in [1.29, 1.82) is 0 Å². The van der Waals surface area contributed by atoms with Gasteiger partial charge >= 0.3 is 0 Å². The maximum Gasteiger partial charge on any atom is 0.138 e. The zero-order chi connectivity index (χ0) is 15.5. The maximum atomic E-state index is 6.53. The molecule has 120 valence electrons. The first-order chi connectivity index (χ1) is 9.92. The van der Waals surface area contributed by atoms with E-state index in [0.717, 1.165) is 50.9 Å². The number of ether oxygens (including phenoxy) is 1. The van der Waals surface area contributed by atoms with Crippen molar-refractivity contribution in [3.8, 4) is 0 Å². The lowest BCUT2D eigenvalue weighted by atomic mass is 9.68. The number of hydrogen-bond donors (Lipinski definition) is 1. The van der Waals surface area contributed by atoms with Gasteiger partial charge in [-0.2, -0.15) is 5.10 Å². The highest BCUT2D eigenvalue weighted by atomic mass is 16.5. The van der Waals surface area contributed by atoms with Gasteiger partial charge in [0.2, 0.25) is 0 Å². The van der Waals surface area contributed by atoms with E-state index in [9.17, 15) is 0 Å². The lowest BCUT2D eigenvalue weighted by Crippen LogP contribution is -2.54. The number of nitrogens with two attached hydrogens (primary N) is 1. The fourth-order valence-electron chi connectivity index (χ4n) is 3.30. The first-order valence-corrected chi connectivity index (χ1v) is 8.10. The summed E-state index contributed by atoms with van der Waals surface area (Å²) in [5.74, 6) is 0.977. The smallest absolute Gasteiger partial charge is 0.138 e. The third kappa shape index (κ3) is 3.64. The molecule has 21 heavy (non-hydrogen) atoms. The summed E-state index contributed by atoms with van der Waals surface area (Å²) in [5.41, 5.74) is 6.73. The molecule has 1 aliphatic carbocycles. The van der Waals surface area contributed by atoms with E-state index in [2.05, 4.69) is 30.9 Å². The van der Waals surface area contributed by atoms with Crippen LogP contribution in [0, 0.1) is 5.41 Å². The molecule has 1 unspecified atom stereocenters. The molecule has 1 aliphatic rings. The number of hydrogen-bond acceptors (Lipinski definition) is 4. The molecule has 0 amide bonds. The zero-order valence-electron chi connectivity index (χ0n) is 13.9. The molecule has 0 spiro atoms. The quantitative estimate of drug-likeness (QED) is 0.875. The molecular formula is C16H30N4O. The Hall–Kier alpha value is -0.940. The van der Waals surface area contributed by atoms with Crippen molar-refractivity contribution in [1.82, 2.24) is 14.8 Å². The van der Waals surface area contributed by atoms with Gasteiger partial charge in [0.05, 0.1) is 5.60 Å². The molecule has 0 aromatic carbocycles. The van der Waals surface area contributed by atoms with Crippen LogP contribution < -0.4 is 5.73 Å². The van der Waals surface area contributed by atoms with E-state index in [1.165, 1.54) is 0 Å². The number of aromatic nitrogens is 3. The molecule has 5 nitrogen and oxygen atoms in total. The molecule has 0 bridgehead atoms. The second-order valence-electron chi connectivity index (χ2n) is 7.14. The van der Waals surface area contributed by atoms with Crippen LogP contribution in [-0.2, 0) is 17.7 Å². The largest absolute Gasteiger partial charge is 0.377 e. The Balaban J connectivity index is 2.07. The van der Waals surface area contributed by atoms with Gasteiger partial charge in [0.25, 0.3) is 0 Å². The summed E-state index contributed by atoms with van der Waals surface area (Å²) in [7, 11) is 1.80. The third-order valence-corrected chi connectivity index (χ3v) is 5.07. The van der Waals surface area contributed by atoms with Gasteiger partial charge in [0.15, 0.2) is 0 Å². The molecular weight excluding hydrogens is 264 g/mol. The summed E-state index contributed by atoms with van der Waals surface area (Å²) in [5, 5.41) is 4.28. The van der Waals surface area contributed by atoms with Crippen molar-refractivity contribution in [3.63, 3.8) is 0 Å². The molecule has 1 fully saturated rings. The monoisotopic (exact) mass is 294 g/mol. The lowest BCUT2D eigenvalue weighted by Gasteiger charge is -2.45. The Kier molecular flexibility index (Phi) is 5.04. The molecule has 1 atom stereocenters. The van der Waals surface area contributed by atoms with Crippen LogP contribution in [0.5, 0.6) is 0 Å². The molecule has 2 rings (SSSR count). The van der Waals surface area contributed by atoms with E-state index < -0.39 is 0 Å². The molecule has 5 heteroatoms. The summed E-state index contributed by atoms with van der Waals surface area (Å²) in [6.45, 7) is 7.70. The van der Waals surface area contributed by atoms with Gasteiger partial charge < -0.3 is 10.5 Å². The summed E-state index contributed by atoms with van der Waals surface area (Å²) in [6.07, 6.45) is 7.79. The van der Waals surface area contributed by atoms with Crippen LogP contribution in [0.4, 0.5) is 0 Å². The predicted molar refractivity (Wildman–Crippen MR) is 84.0 cm³/mol. The Labute approximate surface area is 128 Å². The molecule has 0 radical (unpaired) electrons. The Morgan fingerprint density at radius 3 is 2.57 bits per heavy atom. The number of methoxy groups -OCH3 is 1. The fraction of sp³-hybridized carbons (Fsp3) is 0.875. The van der Waals surface area contributed by atoms with E-state index in [0.29, 0.717) is 5.41 Å². The minimum absolute atomic E-state index is 0.0293. The summed E-state index contributed by atoms with van der Waals surface area (Å²) in [6, 6.07) is -0.0293. The lowest BCUT2D eigenvalue weighted by molar-refractivity contribution is -0.0786. The second-order valence-corrected chi connectivity index (χ2v) is 7.14. The molecule has 1 aromatic heterocycles. The minimum atomic E-state index is -0.210. The average Bonchev–Trinajstić information content (AvgIpc) is 2.87.